The summed E-state index contributed by atoms with van der Waals surface area (Å²) in [4.78, 5) is 33.1. The van der Waals surface area contributed by atoms with Crippen LogP contribution in [0.25, 0.3) is 6.08 Å². The molecule has 1 aromatic carbocycles. The second-order valence-electron chi connectivity index (χ2n) is 7.23. The minimum atomic E-state index is -0.576. The van der Waals surface area contributed by atoms with Crippen molar-refractivity contribution in [3.8, 4) is 0 Å². The average molecular weight is 363 g/mol. The van der Waals surface area contributed by atoms with Gasteiger partial charge in [0.25, 0.3) is 0 Å². The molecule has 3 rings (SSSR count). The molecule has 0 N–H and O–H groups in total. The summed E-state index contributed by atoms with van der Waals surface area (Å²) >= 11 is 0. The van der Waals surface area contributed by atoms with Crippen molar-refractivity contribution in [2.75, 3.05) is 26.2 Å². The van der Waals surface area contributed by atoms with Crippen molar-refractivity contribution >= 4 is 17.9 Å². The van der Waals surface area contributed by atoms with E-state index in [1.54, 1.807) is 29.4 Å². The van der Waals surface area contributed by atoms with Crippen molar-refractivity contribution in [2.24, 2.45) is 0 Å². The first-order valence-electron chi connectivity index (χ1n) is 9.20. The van der Waals surface area contributed by atoms with Gasteiger partial charge in [-0.3, -0.25) is 14.6 Å². The lowest BCUT2D eigenvalue weighted by Gasteiger charge is -2.38. The Morgan fingerprint density at radius 1 is 0.963 bits per heavy atom. The van der Waals surface area contributed by atoms with E-state index in [0.717, 1.165) is 11.1 Å². The summed E-state index contributed by atoms with van der Waals surface area (Å²) in [5.74, 6) is 0.0694. The van der Waals surface area contributed by atoms with Gasteiger partial charge in [0.1, 0.15) is 0 Å². The van der Waals surface area contributed by atoms with E-state index in [-0.39, 0.29) is 11.8 Å². The topological polar surface area (TPSA) is 53.5 Å². The van der Waals surface area contributed by atoms with E-state index in [0.29, 0.717) is 26.2 Å². The van der Waals surface area contributed by atoms with Crippen LogP contribution in [0.4, 0.5) is 0 Å². The maximum atomic E-state index is 13.0. The molecule has 0 unspecified atom stereocenters. The number of benzene rings is 1. The molecule has 0 aliphatic carbocycles. The number of rotatable bonds is 4. The van der Waals surface area contributed by atoms with Crippen LogP contribution in [0, 0.1) is 0 Å². The van der Waals surface area contributed by atoms with E-state index in [1.807, 2.05) is 61.2 Å². The Labute approximate surface area is 160 Å². The second kappa shape index (κ2) is 8.16. The number of amides is 2. The SMILES string of the molecule is CC(C)(C(=O)N1CCN(C(=O)/C=C/c2cccnc2)CC1)c1ccccc1. The molecule has 1 aromatic heterocycles. The average Bonchev–Trinajstić information content (AvgIpc) is 2.73. The molecule has 1 aliphatic rings. The summed E-state index contributed by atoms with van der Waals surface area (Å²) in [5, 5.41) is 0. The molecule has 0 atom stereocenters. The van der Waals surface area contributed by atoms with Crippen molar-refractivity contribution in [1.82, 2.24) is 14.8 Å². The maximum absolute atomic E-state index is 13.0. The van der Waals surface area contributed by atoms with Crippen molar-refractivity contribution in [3.63, 3.8) is 0 Å². The molecular formula is C22H25N3O2. The number of aromatic nitrogens is 1. The Morgan fingerprint density at radius 3 is 2.26 bits per heavy atom. The highest BCUT2D eigenvalue weighted by Crippen LogP contribution is 2.26. The van der Waals surface area contributed by atoms with Crippen LogP contribution < -0.4 is 0 Å². The molecule has 5 nitrogen and oxygen atoms in total. The number of piperazine rings is 1. The number of hydrogen-bond donors (Lipinski definition) is 0. The van der Waals surface area contributed by atoms with Gasteiger partial charge in [0.05, 0.1) is 5.41 Å². The summed E-state index contributed by atoms with van der Waals surface area (Å²) in [6.07, 6.45) is 6.76. The summed E-state index contributed by atoms with van der Waals surface area (Å²) in [5.41, 5.74) is 1.32. The van der Waals surface area contributed by atoms with Gasteiger partial charge >= 0.3 is 0 Å². The van der Waals surface area contributed by atoms with E-state index in [2.05, 4.69) is 4.98 Å². The predicted molar refractivity (Wildman–Crippen MR) is 106 cm³/mol. The van der Waals surface area contributed by atoms with Gasteiger partial charge < -0.3 is 9.80 Å². The van der Waals surface area contributed by atoms with Gasteiger partial charge in [-0.15, -0.1) is 0 Å². The molecule has 1 saturated heterocycles. The van der Waals surface area contributed by atoms with Crippen LogP contribution in [0.1, 0.15) is 25.0 Å². The zero-order valence-corrected chi connectivity index (χ0v) is 15.8. The van der Waals surface area contributed by atoms with Crippen molar-refractivity contribution in [3.05, 3.63) is 72.1 Å². The lowest BCUT2D eigenvalue weighted by atomic mass is 9.83. The zero-order valence-electron chi connectivity index (χ0n) is 15.8. The molecule has 0 spiro atoms. The number of nitrogens with zero attached hydrogens (tertiary/aromatic N) is 3. The maximum Gasteiger partial charge on any atom is 0.246 e. The summed E-state index contributed by atoms with van der Waals surface area (Å²) in [7, 11) is 0. The van der Waals surface area contributed by atoms with Gasteiger partial charge in [-0.25, -0.2) is 0 Å². The third-order valence-corrected chi connectivity index (χ3v) is 5.01. The van der Waals surface area contributed by atoms with Crippen molar-refractivity contribution < 1.29 is 9.59 Å². The molecule has 2 aromatic rings. The van der Waals surface area contributed by atoms with Gasteiger partial charge in [0.2, 0.25) is 11.8 Å². The largest absolute Gasteiger partial charge is 0.338 e. The van der Waals surface area contributed by atoms with Crippen LogP contribution in [0.15, 0.2) is 60.9 Å². The quantitative estimate of drug-likeness (QED) is 0.785. The number of hydrogen-bond acceptors (Lipinski definition) is 3. The number of carbonyl (C=O) groups is 2. The third kappa shape index (κ3) is 4.42. The zero-order chi connectivity index (χ0) is 19.3. The third-order valence-electron chi connectivity index (χ3n) is 5.01. The van der Waals surface area contributed by atoms with Crippen LogP contribution in [0.3, 0.4) is 0 Å². The molecule has 140 valence electrons. The molecule has 0 bridgehead atoms. The highest BCUT2D eigenvalue weighted by atomic mass is 16.2. The predicted octanol–water partition coefficient (Wildman–Crippen LogP) is 2.74. The highest BCUT2D eigenvalue weighted by Gasteiger charge is 2.35. The Morgan fingerprint density at radius 2 is 1.63 bits per heavy atom. The first-order valence-corrected chi connectivity index (χ1v) is 9.20. The van der Waals surface area contributed by atoms with Crippen LogP contribution in [0.5, 0.6) is 0 Å². The Hall–Kier alpha value is -2.95. The van der Waals surface area contributed by atoms with Crippen LogP contribution in [-0.4, -0.2) is 52.8 Å². The van der Waals surface area contributed by atoms with Gasteiger partial charge in [0, 0.05) is 44.6 Å². The van der Waals surface area contributed by atoms with E-state index >= 15 is 0 Å². The normalized spacial score (nSPS) is 15.2. The fraction of sp³-hybridized carbons (Fsp3) is 0.318. The Balaban J connectivity index is 1.57. The highest BCUT2D eigenvalue weighted by molar-refractivity contribution is 5.92. The molecule has 2 amide bonds. The summed E-state index contributed by atoms with van der Waals surface area (Å²) in [6, 6.07) is 13.6. The van der Waals surface area contributed by atoms with E-state index in [1.165, 1.54) is 0 Å². The first-order chi connectivity index (χ1) is 13.0. The molecule has 1 aliphatic heterocycles. The van der Waals surface area contributed by atoms with E-state index in [4.69, 9.17) is 0 Å². The van der Waals surface area contributed by atoms with Crippen molar-refractivity contribution in [2.45, 2.75) is 19.3 Å². The standard InChI is InChI=1S/C22H25N3O2/c1-22(2,19-8-4-3-5-9-19)21(27)25-15-13-24(14-16-25)20(26)11-10-18-7-6-12-23-17-18/h3-12,17H,13-16H2,1-2H3/b11-10+. The molecule has 27 heavy (non-hydrogen) atoms. The molecule has 0 saturated carbocycles. The summed E-state index contributed by atoms with van der Waals surface area (Å²) < 4.78 is 0. The monoisotopic (exact) mass is 363 g/mol. The van der Waals surface area contributed by atoms with Gasteiger partial charge in [-0.1, -0.05) is 36.4 Å². The summed E-state index contributed by atoms with van der Waals surface area (Å²) in [6.45, 7) is 6.13. The molecule has 0 radical (unpaired) electrons. The fourth-order valence-electron chi connectivity index (χ4n) is 3.25. The first kappa shape index (κ1) is 18.8. The van der Waals surface area contributed by atoms with E-state index in [9.17, 15) is 9.59 Å². The Kier molecular flexibility index (Phi) is 5.69. The molecule has 5 heteroatoms. The van der Waals surface area contributed by atoms with Crippen molar-refractivity contribution in [1.29, 1.82) is 0 Å². The second-order valence-corrected chi connectivity index (χ2v) is 7.23. The Bertz CT molecular complexity index is 808. The lowest BCUT2D eigenvalue weighted by molar-refractivity contribution is -0.141. The molecule has 2 heterocycles. The number of carbonyl (C=O) groups excluding carboxylic acids is 2. The smallest absolute Gasteiger partial charge is 0.246 e. The van der Waals surface area contributed by atoms with E-state index < -0.39 is 5.41 Å². The van der Waals surface area contributed by atoms with Gasteiger partial charge in [-0.05, 0) is 37.1 Å². The van der Waals surface area contributed by atoms with Crippen LogP contribution >= 0.6 is 0 Å². The minimum Gasteiger partial charge on any atom is -0.338 e. The minimum absolute atomic E-state index is 0.0340. The van der Waals surface area contributed by atoms with Crippen LogP contribution in [0.2, 0.25) is 0 Å². The number of pyridine rings is 1. The molecule has 1 fully saturated rings. The fourth-order valence-corrected chi connectivity index (χ4v) is 3.25. The van der Waals surface area contributed by atoms with Gasteiger partial charge in [0.15, 0.2) is 0 Å². The lowest BCUT2D eigenvalue weighted by Crippen LogP contribution is -2.54. The van der Waals surface area contributed by atoms with Gasteiger partial charge in [-0.2, -0.15) is 0 Å². The molecular weight excluding hydrogens is 338 g/mol. The van der Waals surface area contributed by atoms with Crippen LogP contribution in [-0.2, 0) is 15.0 Å².